The third-order valence-electron chi connectivity index (χ3n) is 4.46. The summed E-state index contributed by atoms with van der Waals surface area (Å²) in [7, 11) is 0. The molecule has 1 aromatic carbocycles. The summed E-state index contributed by atoms with van der Waals surface area (Å²) in [4.78, 5) is -0.397. The molecule has 1 saturated heterocycles. The van der Waals surface area contributed by atoms with E-state index in [4.69, 9.17) is 14.2 Å². The van der Waals surface area contributed by atoms with Crippen LogP contribution in [0.1, 0.15) is 13.8 Å². The van der Waals surface area contributed by atoms with E-state index in [-0.39, 0.29) is 21.1 Å². The van der Waals surface area contributed by atoms with Crippen LogP contribution in [0.5, 0.6) is 0 Å². The van der Waals surface area contributed by atoms with Crippen LogP contribution in [0.4, 0.5) is 0 Å². The van der Waals surface area contributed by atoms with Crippen molar-refractivity contribution in [2.24, 2.45) is 0 Å². The fourth-order valence-electron chi connectivity index (χ4n) is 2.95. The van der Waals surface area contributed by atoms with Gasteiger partial charge in [-0.1, -0.05) is 0 Å². The van der Waals surface area contributed by atoms with Gasteiger partial charge in [-0.15, -0.1) is 0 Å². The number of ether oxygens (including phenoxy) is 3. The molecule has 0 spiro atoms. The summed E-state index contributed by atoms with van der Waals surface area (Å²) in [6.07, 6.45) is -1.98. The Morgan fingerprint density at radius 2 is 1.72 bits per heavy atom. The molecule has 7 heteroatoms. The Hall–Kier alpha value is -0.921. The third kappa shape index (κ3) is 4.26. The van der Waals surface area contributed by atoms with Crippen LogP contribution in [-0.4, -0.2) is 73.2 Å². The summed E-state index contributed by atoms with van der Waals surface area (Å²) >= 11 is -0.175. The normalized spacial score (nSPS) is 41.3. The molecular formula is C18H24O6Se. The van der Waals surface area contributed by atoms with E-state index >= 15 is 0 Å². The first kappa shape index (κ1) is 18.9. The van der Waals surface area contributed by atoms with Gasteiger partial charge in [-0.2, -0.15) is 0 Å². The fourth-order valence-corrected chi connectivity index (χ4v) is 5.41. The van der Waals surface area contributed by atoms with Gasteiger partial charge >= 0.3 is 153 Å². The molecule has 0 saturated carbocycles. The van der Waals surface area contributed by atoms with E-state index in [0.29, 0.717) is 0 Å². The predicted octanol–water partition coefficient (Wildman–Crippen LogP) is -0.0503. The summed E-state index contributed by atoms with van der Waals surface area (Å²) in [6.45, 7) is 3.51. The summed E-state index contributed by atoms with van der Waals surface area (Å²) < 4.78 is 18.4. The van der Waals surface area contributed by atoms with Gasteiger partial charge in [-0.25, -0.2) is 0 Å². The number of rotatable bonds is 4. The van der Waals surface area contributed by atoms with Gasteiger partial charge in [-0.3, -0.25) is 0 Å². The number of hydrogen-bond donors (Lipinski definition) is 3. The molecule has 3 N–H and O–H groups in total. The monoisotopic (exact) mass is 416 g/mol. The van der Waals surface area contributed by atoms with Crippen LogP contribution in [0, 0.1) is 0 Å². The van der Waals surface area contributed by atoms with Crippen molar-refractivity contribution in [3.63, 3.8) is 0 Å². The van der Waals surface area contributed by atoms with Crippen LogP contribution in [-0.2, 0) is 14.2 Å². The van der Waals surface area contributed by atoms with Gasteiger partial charge in [0, 0.05) is 0 Å². The quantitative estimate of drug-likeness (QED) is 0.598. The van der Waals surface area contributed by atoms with Gasteiger partial charge in [0.05, 0.1) is 0 Å². The third-order valence-corrected chi connectivity index (χ3v) is 7.22. The molecule has 1 fully saturated rings. The van der Waals surface area contributed by atoms with E-state index in [0.717, 1.165) is 4.46 Å². The van der Waals surface area contributed by atoms with Crippen LogP contribution in [0.3, 0.4) is 0 Å². The van der Waals surface area contributed by atoms with Crippen LogP contribution in [0.15, 0.2) is 42.7 Å². The van der Waals surface area contributed by atoms with Crippen LogP contribution in [0.25, 0.3) is 0 Å². The first-order valence-electron chi connectivity index (χ1n) is 8.36. The van der Waals surface area contributed by atoms with E-state index < -0.39 is 41.6 Å². The van der Waals surface area contributed by atoms with Crippen molar-refractivity contribution in [1.29, 1.82) is 0 Å². The molecule has 2 aliphatic rings. The molecule has 0 unspecified atom stereocenters. The number of hydrogen-bond acceptors (Lipinski definition) is 6. The second-order valence-corrected chi connectivity index (χ2v) is 8.97. The Kier molecular flexibility index (Phi) is 6.17. The van der Waals surface area contributed by atoms with Crippen molar-refractivity contribution in [3.05, 3.63) is 42.7 Å². The molecule has 0 amide bonds. The van der Waals surface area contributed by atoms with Crippen LogP contribution >= 0.6 is 0 Å². The standard InChI is InChI=1S/C18H24O6Se/c1-10-14(20)15(21)17(25-12-6-4-3-5-7-12)18(23-10)24-16-11(2)22-9-8-13(16)19/h3-11,13-21H,1-2H3/t10-,11-,13-,14-,15+,16-,17-,18+/m0/s1. The summed E-state index contributed by atoms with van der Waals surface area (Å²) in [5.74, 6) is 0. The van der Waals surface area contributed by atoms with Crippen molar-refractivity contribution in [2.45, 2.75) is 61.6 Å². The zero-order chi connectivity index (χ0) is 18.0. The van der Waals surface area contributed by atoms with Crippen molar-refractivity contribution in [3.8, 4) is 0 Å². The molecule has 6 nitrogen and oxygen atoms in total. The maximum absolute atomic E-state index is 10.6. The second-order valence-electron chi connectivity index (χ2n) is 6.35. The van der Waals surface area contributed by atoms with Crippen LogP contribution < -0.4 is 4.46 Å². The summed E-state index contributed by atoms with van der Waals surface area (Å²) in [5, 5.41) is 31.0. The molecule has 1 aromatic rings. The summed E-state index contributed by atoms with van der Waals surface area (Å²) in [6, 6.07) is 9.78. The van der Waals surface area contributed by atoms with Crippen molar-refractivity contribution in [1.82, 2.24) is 0 Å². The average molecular weight is 415 g/mol. The van der Waals surface area contributed by atoms with Gasteiger partial charge < -0.3 is 0 Å². The number of aliphatic hydroxyl groups excluding tert-OH is 3. The molecule has 138 valence electrons. The molecule has 0 radical (unpaired) electrons. The Bertz CT molecular complexity index is 582. The molecular weight excluding hydrogens is 391 g/mol. The molecule has 8 atom stereocenters. The van der Waals surface area contributed by atoms with Crippen molar-refractivity contribution >= 4 is 19.4 Å². The predicted molar refractivity (Wildman–Crippen MR) is 92.5 cm³/mol. The van der Waals surface area contributed by atoms with Gasteiger partial charge in [0.15, 0.2) is 0 Å². The SMILES string of the molecule is C[C@@H]1O[C@H](O[C@H]2[C@H](C)OC=C[C@@H]2O)[C@@H]([Se]c2ccccc2)[C@H](O)[C@H]1O. The Balaban J connectivity index is 1.79. The minimum absolute atomic E-state index is 0.175. The van der Waals surface area contributed by atoms with Crippen molar-refractivity contribution < 1.29 is 29.5 Å². The first-order chi connectivity index (χ1) is 12.0. The summed E-state index contributed by atoms with van der Waals surface area (Å²) in [5.41, 5.74) is 0. The maximum atomic E-state index is 10.6. The molecule has 3 rings (SSSR count). The van der Waals surface area contributed by atoms with Gasteiger partial charge in [0.25, 0.3) is 0 Å². The van der Waals surface area contributed by atoms with E-state index in [1.165, 1.54) is 12.3 Å². The van der Waals surface area contributed by atoms with E-state index in [2.05, 4.69) is 0 Å². The van der Waals surface area contributed by atoms with Crippen molar-refractivity contribution in [2.75, 3.05) is 0 Å². The molecule has 2 heterocycles. The molecule has 0 aliphatic carbocycles. The fraction of sp³-hybridized carbons (Fsp3) is 0.556. The van der Waals surface area contributed by atoms with E-state index in [9.17, 15) is 15.3 Å². The van der Waals surface area contributed by atoms with Gasteiger partial charge in [-0.05, 0) is 0 Å². The topological polar surface area (TPSA) is 88.4 Å². The molecule has 0 aromatic heterocycles. The minimum atomic E-state index is -0.972. The van der Waals surface area contributed by atoms with Gasteiger partial charge in [0.1, 0.15) is 0 Å². The Morgan fingerprint density at radius 3 is 2.40 bits per heavy atom. The zero-order valence-corrected chi connectivity index (χ0v) is 15.8. The number of benzene rings is 1. The molecule has 0 bridgehead atoms. The first-order valence-corrected chi connectivity index (χ1v) is 10.2. The second kappa shape index (κ2) is 8.18. The van der Waals surface area contributed by atoms with E-state index in [1.54, 1.807) is 6.92 Å². The number of aliphatic hydroxyl groups is 3. The average Bonchev–Trinajstić information content (AvgIpc) is 2.60. The van der Waals surface area contributed by atoms with E-state index in [1.807, 2.05) is 37.3 Å². The zero-order valence-electron chi connectivity index (χ0n) is 14.1. The molecule has 2 aliphatic heterocycles. The van der Waals surface area contributed by atoms with Gasteiger partial charge in [0.2, 0.25) is 0 Å². The Morgan fingerprint density at radius 1 is 1.00 bits per heavy atom. The Labute approximate surface area is 153 Å². The molecule has 25 heavy (non-hydrogen) atoms. The van der Waals surface area contributed by atoms with Crippen LogP contribution in [0.2, 0.25) is 4.82 Å².